The van der Waals surface area contributed by atoms with E-state index < -0.39 is 17.9 Å². The van der Waals surface area contributed by atoms with Gasteiger partial charge in [0.15, 0.2) is 6.10 Å². The minimum Gasteiger partial charge on any atom is -0.497 e. The van der Waals surface area contributed by atoms with Crippen LogP contribution in [0.2, 0.25) is 0 Å². The SMILES string of the molecule is COc1ccc(OC)c(C2=C3C(=O)N(c4c(C)cccc4C)C(=O)[C@H]3ON2)c1. The van der Waals surface area contributed by atoms with E-state index in [-0.39, 0.29) is 5.57 Å². The predicted octanol–water partition coefficient (Wildman–Crippen LogP) is 2.51. The van der Waals surface area contributed by atoms with E-state index in [1.54, 1.807) is 25.3 Å². The summed E-state index contributed by atoms with van der Waals surface area (Å²) in [6.07, 6.45) is -1.00. The number of rotatable bonds is 4. The Morgan fingerprint density at radius 3 is 2.39 bits per heavy atom. The Hall–Kier alpha value is -3.32. The molecule has 4 rings (SSSR count). The number of hydrogen-bond acceptors (Lipinski definition) is 6. The van der Waals surface area contributed by atoms with E-state index in [9.17, 15) is 9.59 Å². The Bertz CT molecular complexity index is 1010. The number of fused-ring (bicyclic) bond motifs is 1. The molecule has 0 aliphatic carbocycles. The minimum absolute atomic E-state index is 0.263. The van der Waals surface area contributed by atoms with Crippen molar-refractivity contribution in [1.29, 1.82) is 0 Å². The lowest BCUT2D eigenvalue weighted by atomic mass is 10.0. The second kappa shape index (κ2) is 6.69. The topological polar surface area (TPSA) is 77.1 Å². The van der Waals surface area contributed by atoms with Crippen LogP contribution >= 0.6 is 0 Å². The van der Waals surface area contributed by atoms with Gasteiger partial charge in [-0.3, -0.25) is 19.9 Å². The van der Waals surface area contributed by atoms with Crippen LogP contribution in [0, 0.1) is 13.8 Å². The summed E-state index contributed by atoms with van der Waals surface area (Å²) in [7, 11) is 3.09. The summed E-state index contributed by atoms with van der Waals surface area (Å²) in [6.45, 7) is 3.74. The normalized spacial score (nSPS) is 18.4. The molecule has 0 bridgehead atoms. The van der Waals surface area contributed by atoms with Crippen molar-refractivity contribution in [3.8, 4) is 11.5 Å². The molecule has 0 aromatic heterocycles. The Morgan fingerprint density at radius 1 is 1.04 bits per heavy atom. The van der Waals surface area contributed by atoms with Gasteiger partial charge in [-0.25, -0.2) is 4.90 Å². The van der Waals surface area contributed by atoms with Crippen molar-refractivity contribution in [2.75, 3.05) is 19.1 Å². The molecule has 144 valence electrons. The van der Waals surface area contributed by atoms with E-state index in [0.29, 0.717) is 28.4 Å². The molecule has 0 radical (unpaired) electrons. The van der Waals surface area contributed by atoms with Crippen molar-refractivity contribution in [1.82, 2.24) is 5.48 Å². The fourth-order valence-electron chi connectivity index (χ4n) is 3.67. The van der Waals surface area contributed by atoms with Crippen molar-refractivity contribution in [2.24, 2.45) is 0 Å². The third kappa shape index (κ3) is 2.55. The number of carbonyl (C=O) groups excluding carboxylic acids is 2. The smallest absolute Gasteiger partial charge is 0.270 e. The van der Waals surface area contributed by atoms with Gasteiger partial charge >= 0.3 is 0 Å². The van der Waals surface area contributed by atoms with Crippen molar-refractivity contribution in [3.05, 3.63) is 58.7 Å². The third-order valence-electron chi connectivity index (χ3n) is 5.03. The fourth-order valence-corrected chi connectivity index (χ4v) is 3.67. The highest BCUT2D eigenvalue weighted by atomic mass is 16.7. The van der Waals surface area contributed by atoms with Gasteiger partial charge in [0.25, 0.3) is 11.8 Å². The number of nitrogens with one attached hydrogen (secondary N) is 1. The second-order valence-corrected chi connectivity index (χ2v) is 6.67. The molecule has 2 aromatic rings. The molecule has 2 aliphatic heterocycles. The number of methoxy groups -OCH3 is 2. The summed E-state index contributed by atoms with van der Waals surface area (Å²) in [5.41, 5.74) is 6.28. The van der Waals surface area contributed by atoms with E-state index >= 15 is 0 Å². The first-order valence-electron chi connectivity index (χ1n) is 8.80. The summed E-state index contributed by atoms with van der Waals surface area (Å²) in [5.74, 6) is 0.308. The molecule has 2 heterocycles. The summed E-state index contributed by atoms with van der Waals surface area (Å²) in [6, 6.07) is 10.9. The molecule has 1 saturated heterocycles. The van der Waals surface area contributed by atoms with Gasteiger partial charge in [-0.1, -0.05) is 18.2 Å². The number of anilines is 1. The van der Waals surface area contributed by atoms with Crippen LogP contribution in [-0.2, 0) is 14.4 Å². The lowest BCUT2D eigenvalue weighted by molar-refractivity contribution is -0.127. The Balaban J connectivity index is 1.87. The van der Waals surface area contributed by atoms with Gasteiger partial charge in [0, 0.05) is 5.56 Å². The summed E-state index contributed by atoms with van der Waals surface area (Å²) in [5, 5.41) is 0. The first kappa shape index (κ1) is 18.1. The minimum atomic E-state index is -1.00. The fraction of sp³-hybridized carbons (Fsp3) is 0.238. The molecular weight excluding hydrogens is 360 g/mol. The van der Waals surface area contributed by atoms with Crippen molar-refractivity contribution in [2.45, 2.75) is 20.0 Å². The maximum atomic E-state index is 13.3. The van der Waals surface area contributed by atoms with E-state index in [1.807, 2.05) is 32.0 Å². The first-order chi connectivity index (χ1) is 13.5. The number of aryl methyl sites for hydroxylation is 2. The number of hydroxylamine groups is 1. The maximum Gasteiger partial charge on any atom is 0.270 e. The summed E-state index contributed by atoms with van der Waals surface area (Å²) >= 11 is 0. The van der Waals surface area contributed by atoms with Crippen LogP contribution in [0.3, 0.4) is 0 Å². The van der Waals surface area contributed by atoms with E-state index in [4.69, 9.17) is 14.3 Å². The van der Waals surface area contributed by atoms with Gasteiger partial charge in [-0.2, -0.15) is 0 Å². The number of ether oxygens (including phenoxy) is 2. The van der Waals surface area contributed by atoms with Crippen molar-refractivity contribution >= 4 is 23.2 Å². The third-order valence-corrected chi connectivity index (χ3v) is 5.03. The predicted molar refractivity (Wildman–Crippen MR) is 103 cm³/mol. The lowest BCUT2D eigenvalue weighted by Gasteiger charge is -2.20. The van der Waals surface area contributed by atoms with Crippen LogP contribution in [0.4, 0.5) is 5.69 Å². The molecule has 0 spiro atoms. The zero-order chi connectivity index (χ0) is 20.0. The van der Waals surface area contributed by atoms with E-state index in [1.165, 1.54) is 12.0 Å². The highest BCUT2D eigenvalue weighted by Gasteiger charge is 2.51. The lowest BCUT2D eigenvalue weighted by Crippen LogP contribution is -2.35. The average molecular weight is 380 g/mol. The standard InChI is InChI=1S/C21H20N2O5/c1-11-6-5-7-12(2)18(11)23-20(24)16-17(22-28-19(16)21(23)25)14-10-13(26-3)8-9-15(14)27-4/h5-10,19,22H,1-4H3/t19-/m0/s1. The Labute approximate surface area is 162 Å². The first-order valence-corrected chi connectivity index (χ1v) is 8.80. The van der Waals surface area contributed by atoms with Crippen molar-refractivity contribution in [3.63, 3.8) is 0 Å². The Kier molecular flexibility index (Phi) is 4.31. The van der Waals surface area contributed by atoms with Crippen LogP contribution in [0.1, 0.15) is 16.7 Å². The van der Waals surface area contributed by atoms with Gasteiger partial charge in [0.05, 0.1) is 31.2 Å². The molecule has 2 aromatic carbocycles. The summed E-state index contributed by atoms with van der Waals surface area (Å²) in [4.78, 5) is 33.0. The molecule has 0 unspecified atom stereocenters. The number of nitrogens with zero attached hydrogens (tertiary/aromatic N) is 1. The monoisotopic (exact) mass is 380 g/mol. The highest BCUT2D eigenvalue weighted by Crippen LogP contribution is 2.40. The quantitative estimate of drug-likeness (QED) is 0.822. The van der Waals surface area contributed by atoms with Gasteiger partial charge < -0.3 is 9.47 Å². The number of amides is 2. The number of benzene rings is 2. The van der Waals surface area contributed by atoms with Gasteiger partial charge in [-0.15, -0.1) is 0 Å². The van der Waals surface area contributed by atoms with Crippen LogP contribution in [0.25, 0.3) is 5.70 Å². The molecule has 7 heteroatoms. The largest absolute Gasteiger partial charge is 0.497 e. The molecule has 1 atom stereocenters. The molecule has 28 heavy (non-hydrogen) atoms. The zero-order valence-corrected chi connectivity index (χ0v) is 16.0. The van der Waals surface area contributed by atoms with Crippen molar-refractivity contribution < 1.29 is 23.9 Å². The van der Waals surface area contributed by atoms with Crippen LogP contribution in [-0.4, -0.2) is 32.1 Å². The highest BCUT2D eigenvalue weighted by molar-refractivity contribution is 6.33. The summed E-state index contributed by atoms with van der Waals surface area (Å²) < 4.78 is 10.7. The number of carbonyl (C=O) groups is 2. The zero-order valence-electron chi connectivity index (χ0n) is 16.0. The molecule has 2 amide bonds. The number of para-hydroxylation sites is 1. The van der Waals surface area contributed by atoms with Crippen LogP contribution in [0.5, 0.6) is 11.5 Å². The molecule has 2 aliphatic rings. The van der Waals surface area contributed by atoms with Gasteiger partial charge in [0.1, 0.15) is 11.5 Å². The maximum absolute atomic E-state index is 13.3. The van der Waals surface area contributed by atoms with Gasteiger partial charge in [-0.05, 0) is 43.2 Å². The number of hydrogen-bond donors (Lipinski definition) is 1. The number of imide groups is 1. The Morgan fingerprint density at radius 2 is 1.75 bits per heavy atom. The van der Waals surface area contributed by atoms with Gasteiger partial charge in [0.2, 0.25) is 0 Å². The van der Waals surface area contributed by atoms with Crippen LogP contribution in [0.15, 0.2) is 42.0 Å². The average Bonchev–Trinajstić information content (AvgIpc) is 3.23. The van der Waals surface area contributed by atoms with E-state index in [0.717, 1.165) is 11.1 Å². The molecule has 1 N–H and O–H groups in total. The molecule has 0 saturated carbocycles. The van der Waals surface area contributed by atoms with E-state index in [2.05, 4.69) is 5.48 Å². The molecule has 7 nitrogen and oxygen atoms in total. The molecular formula is C21H20N2O5. The molecule has 1 fully saturated rings. The second-order valence-electron chi connectivity index (χ2n) is 6.67. The van der Waals surface area contributed by atoms with Crippen LogP contribution < -0.4 is 19.9 Å².